The van der Waals surface area contributed by atoms with Crippen LogP contribution in [-0.2, 0) is 0 Å². The fourth-order valence-electron chi connectivity index (χ4n) is 1.76. The van der Waals surface area contributed by atoms with Crippen LogP contribution in [0, 0.1) is 0 Å². The van der Waals surface area contributed by atoms with E-state index in [9.17, 15) is 4.79 Å². The Morgan fingerprint density at radius 3 is 2.68 bits per heavy atom. The number of benzene rings is 1. The van der Waals surface area contributed by atoms with Gasteiger partial charge in [-0.1, -0.05) is 18.2 Å². The quantitative estimate of drug-likeness (QED) is 0.877. The Balaban J connectivity index is 2.44. The number of carbonyl (C=O) groups excluding carboxylic acids is 1. The third kappa shape index (κ3) is 3.07. The zero-order chi connectivity index (χ0) is 13.8. The maximum absolute atomic E-state index is 11.4. The molecule has 1 aromatic carbocycles. The average Bonchev–Trinajstić information content (AvgIpc) is 2.38. The van der Waals surface area contributed by atoms with Crippen molar-refractivity contribution in [3.05, 3.63) is 42.1 Å². The molecule has 0 radical (unpaired) electrons. The Morgan fingerprint density at radius 2 is 2.00 bits per heavy atom. The van der Waals surface area contributed by atoms with Crippen LogP contribution in [0.25, 0.3) is 11.4 Å². The van der Waals surface area contributed by atoms with Gasteiger partial charge in [-0.05, 0) is 26.0 Å². The van der Waals surface area contributed by atoms with Crippen LogP contribution in [0.2, 0.25) is 0 Å². The third-order valence-corrected chi connectivity index (χ3v) is 2.53. The second-order valence-electron chi connectivity index (χ2n) is 4.47. The van der Waals surface area contributed by atoms with Crippen molar-refractivity contribution in [2.45, 2.75) is 19.9 Å². The zero-order valence-corrected chi connectivity index (χ0v) is 10.9. The summed E-state index contributed by atoms with van der Waals surface area (Å²) >= 11 is 0. The molecule has 0 aliphatic carbocycles. The lowest BCUT2D eigenvalue weighted by Crippen LogP contribution is -2.14. The second-order valence-corrected chi connectivity index (χ2v) is 4.47. The van der Waals surface area contributed by atoms with Gasteiger partial charge in [0, 0.05) is 17.8 Å². The Labute approximate surface area is 111 Å². The lowest BCUT2D eigenvalue weighted by atomic mass is 10.1. The van der Waals surface area contributed by atoms with Crippen molar-refractivity contribution in [2.75, 3.05) is 5.32 Å². The van der Waals surface area contributed by atoms with Gasteiger partial charge in [0.05, 0.1) is 5.56 Å². The first kappa shape index (κ1) is 13.0. The lowest BCUT2D eigenvalue weighted by Gasteiger charge is -2.10. The fraction of sp³-hybridized carbons (Fsp3) is 0.214. The van der Waals surface area contributed by atoms with Gasteiger partial charge >= 0.3 is 0 Å². The Hall–Kier alpha value is -2.43. The minimum absolute atomic E-state index is 0.272. The highest BCUT2D eigenvalue weighted by atomic mass is 16.1. The maximum Gasteiger partial charge on any atom is 0.249 e. The number of rotatable bonds is 4. The van der Waals surface area contributed by atoms with Crippen molar-refractivity contribution < 1.29 is 4.79 Å². The monoisotopic (exact) mass is 256 g/mol. The van der Waals surface area contributed by atoms with Crippen molar-refractivity contribution in [1.29, 1.82) is 0 Å². The molecule has 0 saturated carbocycles. The molecule has 0 aliphatic rings. The number of nitrogens with one attached hydrogen (secondary N) is 1. The molecule has 5 nitrogen and oxygen atoms in total. The molecular weight excluding hydrogens is 240 g/mol. The Kier molecular flexibility index (Phi) is 3.75. The number of nitrogens with two attached hydrogens (primary N) is 1. The third-order valence-electron chi connectivity index (χ3n) is 2.53. The van der Waals surface area contributed by atoms with Gasteiger partial charge in [-0.25, -0.2) is 9.97 Å². The van der Waals surface area contributed by atoms with Gasteiger partial charge < -0.3 is 11.1 Å². The summed E-state index contributed by atoms with van der Waals surface area (Å²) in [4.78, 5) is 20.0. The molecule has 98 valence electrons. The Bertz CT molecular complexity index is 596. The van der Waals surface area contributed by atoms with Crippen LogP contribution in [0.5, 0.6) is 0 Å². The van der Waals surface area contributed by atoms with Gasteiger partial charge in [0.25, 0.3) is 0 Å². The topological polar surface area (TPSA) is 80.9 Å². The van der Waals surface area contributed by atoms with Gasteiger partial charge in [-0.2, -0.15) is 0 Å². The highest BCUT2D eigenvalue weighted by Crippen LogP contribution is 2.20. The first-order chi connectivity index (χ1) is 9.08. The highest BCUT2D eigenvalue weighted by molar-refractivity contribution is 5.99. The van der Waals surface area contributed by atoms with Crippen molar-refractivity contribution in [3.8, 4) is 11.4 Å². The van der Waals surface area contributed by atoms with Gasteiger partial charge in [0.2, 0.25) is 5.91 Å². The fourth-order valence-corrected chi connectivity index (χ4v) is 1.76. The van der Waals surface area contributed by atoms with Gasteiger partial charge in [-0.15, -0.1) is 0 Å². The average molecular weight is 256 g/mol. The molecule has 1 heterocycles. The minimum atomic E-state index is -0.485. The predicted molar refractivity (Wildman–Crippen MR) is 74.7 cm³/mol. The number of anilines is 1. The van der Waals surface area contributed by atoms with Crippen LogP contribution in [0.4, 0.5) is 5.82 Å². The maximum atomic E-state index is 11.4. The van der Waals surface area contributed by atoms with Crippen LogP contribution >= 0.6 is 0 Å². The molecular formula is C14H16N4O. The van der Waals surface area contributed by atoms with Crippen LogP contribution in [0.3, 0.4) is 0 Å². The van der Waals surface area contributed by atoms with E-state index in [1.807, 2.05) is 19.9 Å². The SMILES string of the molecule is CC(C)Nc1ccnc(-c2ccccc2C(N)=O)n1. The largest absolute Gasteiger partial charge is 0.368 e. The summed E-state index contributed by atoms with van der Waals surface area (Å²) < 4.78 is 0. The highest BCUT2D eigenvalue weighted by Gasteiger charge is 2.11. The molecule has 0 atom stereocenters. The minimum Gasteiger partial charge on any atom is -0.368 e. The molecule has 2 rings (SSSR count). The molecule has 0 aliphatic heterocycles. The first-order valence-corrected chi connectivity index (χ1v) is 6.06. The molecule has 1 aromatic heterocycles. The van der Waals surface area contributed by atoms with Crippen molar-refractivity contribution in [1.82, 2.24) is 9.97 Å². The number of primary amides is 1. The van der Waals surface area contributed by atoms with Gasteiger partial charge in [-0.3, -0.25) is 4.79 Å². The molecule has 0 spiro atoms. The molecule has 3 N–H and O–H groups in total. The van der Waals surface area contributed by atoms with Crippen molar-refractivity contribution in [2.24, 2.45) is 5.73 Å². The molecule has 0 unspecified atom stereocenters. The van der Waals surface area contributed by atoms with Crippen LogP contribution in [-0.4, -0.2) is 21.9 Å². The Morgan fingerprint density at radius 1 is 1.26 bits per heavy atom. The standard InChI is InChI=1S/C14H16N4O/c1-9(2)17-12-7-8-16-14(18-12)11-6-4-3-5-10(11)13(15)19/h3-9H,1-2H3,(H2,15,19)(H,16,17,18). The first-order valence-electron chi connectivity index (χ1n) is 6.06. The normalized spacial score (nSPS) is 10.5. The molecule has 19 heavy (non-hydrogen) atoms. The van der Waals surface area contributed by atoms with Gasteiger partial charge in [0.1, 0.15) is 5.82 Å². The van der Waals surface area contributed by atoms with Crippen molar-refractivity contribution >= 4 is 11.7 Å². The van der Waals surface area contributed by atoms with E-state index in [0.717, 1.165) is 5.82 Å². The van der Waals surface area contributed by atoms with E-state index < -0.39 is 5.91 Å². The van der Waals surface area contributed by atoms with Crippen LogP contribution in [0.1, 0.15) is 24.2 Å². The summed E-state index contributed by atoms with van der Waals surface area (Å²) in [7, 11) is 0. The van der Waals surface area contributed by atoms with Crippen LogP contribution < -0.4 is 11.1 Å². The van der Waals surface area contributed by atoms with E-state index >= 15 is 0 Å². The molecule has 0 saturated heterocycles. The second kappa shape index (κ2) is 5.48. The van der Waals surface area contributed by atoms with Crippen LogP contribution in [0.15, 0.2) is 36.5 Å². The smallest absolute Gasteiger partial charge is 0.249 e. The summed E-state index contributed by atoms with van der Waals surface area (Å²) in [5, 5.41) is 3.20. The summed E-state index contributed by atoms with van der Waals surface area (Å²) in [6.07, 6.45) is 1.66. The van der Waals surface area contributed by atoms with E-state index in [-0.39, 0.29) is 6.04 Å². The zero-order valence-electron chi connectivity index (χ0n) is 10.9. The van der Waals surface area contributed by atoms with Gasteiger partial charge in [0.15, 0.2) is 5.82 Å². The van der Waals surface area contributed by atoms with Crippen molar-refractivity contribution in [3.63, 3.8) is 0 Å². The number of carbonyl (C=O) groups is 1. The number of nitrogens with zero attached hydrogens (tertiary/aromatic N) is 2. The molecule has 0 fully saturated rings. The number of aromatic nitrogens is 2. The van der Waals surface area contributed by atoms with E-state index in [0.29, 0.717) is 17.0 Å². The predicted octanol–water partition coefficient (Wildman–Crippen LogP) is 2.06. The van der Waals surface area contributed by atoms with E-state index in [1.165, 1.54) is 0 Å². The van der Waals surface area contributed by atoms with E-state index in [1.54, 1.807) is 30.5 Å². The lowest BCUT2D eigenvalue weighted by molar-refractivity contribution is 0.100. The number of amides is 1. The van der Waals surface area contributed by atoms with E-state index in [2.05, 4.69) is 15.3 Å². The number of hydrogen-bond acceptors (Lipinski definition) is 4. The van der Waals surface area contributed by atoms with E-state index in [4.69, 9.17) is 5.73 Å². The molecule has 1 amide bonds. The molecule has 2 aromatic rings. The molecule has 0 bridgehead atoms. The number of hydrogen-bond donors (Lipinski definition) is 2. The summed E-state index contributed by atoms with van der Waals surface area (Å²) in [5.74, 6) is 0.723. The molecule has 5 heteroatoms. The summed E-state index contributed by atoms with van der Waals surface area (Å²) in [6.45, 7) is 4.05. The summed E-state index contributed by atoms with van der Waals surface area (Å²) in [6, 6.07) is 9.11. The summed E-state index contributed by atoms with van der Waals surface area (Å²) in [5.41, 5.74) is 6.42.